The molecule has 0 atom stereocenters. The Hall–Kier alpha value is -2.32. The number of carboxylic acid groups (broad SMARTS) is 1. The molecule has 0 saturated carbocycles. The number of carbonyl (C=O) groups excluding carboxylic acids is 1. The van der Waals surface area contributed by atoms with Crippen molar-refractivity contribution >= 4 is 11.9 Å². The minimum Gasteiger partial charge on any atom is -0.481 e. The molecular weight excluding hydrogens is 317 g/mol. The standard InChI is InChI=1S/C14H17F3N2O4/c1-9(2)19(6-5-12(20)21)13(22)10-3-4-11(18-7-10)23-8-14(15,16)17/h3-4,7,9H,5-6,8H2,1-2H3,(H,20,21). The van der Waals surface area contributed by atoms with Crippen molar-refractivity contribution in [2.75, 3.05) is 13.2 Å². The Morgan fingerprint density at radius 3 is 2.43 bits per heavy atom. The summed E-state index contributed by atoms with van der Waals surface area (Å²) in [6.07, 6.45) is -3.57. The second-order valence-electron chi connectivity index (χ2n) is 5.02. The van der Waals surface area contributed by atoms with Gasteiger partial charge in [0.05, 0.1) is 12.0 Å². The van der Waals surface area contributed by atoms with E-state index in [1.807, 2.05) is 0 Å². The number of carboxylic acids is 1. The molecule has 0 unspecified atom stereocenters. The summed E-state index contributed by atoms with van der Waals surface area (Å²) in [7, 11) is 0. The highest BCUT2D eigenvalue weighted by atomic mass is 19.4. The maximum Gasteiger partial charge on any atom is 0.422 e. The van der Waals surface area contributed by atoms with E-state index < -0.39 is 24.7 Å². The zero-order valence-electron chi connectivity index (χ0n) is 12.6. The summed E-state index contributed by atoms with van der Waals surface area (Å²) in [5.74, 6) is -1.73. The van der Waals surface area contributed by atoms with Gasteiger partial charge in [-0.05, 0) is 19.9 Å². The van der Waals surface area contributed by atoms with Crippen LogP contribution in [0.25, 0.3) is 0 Å². The maximum absolute atomic E-state index is 12.3. The minimum absolute atomic E-state index is 0.0260. The van der Waals surface area contributed by atoms with Gasteiger partial charge in [0.1, 0.15) is 0 Å². The number of aromatic nitrogens is 1. The van der Waals surface area contributed by atoms with Crippen LogP contribution in [0.5, 0.6) is 5.88 Å². The fraction of sp³-hybridized carbons (Fsp3) is 0.500. The van der Waals surface area contributed by atoms with E-state index in [-0.39, 0.29) is 30.5 Å². The first-order valence-corrected chi connectivity index (χ1v) is 6.78. The van der Waals surface area contributed by atoms with Crippen molar-refractivity contribution in [2.24, 2.45) is 0 Å². The number of aliphatic carboxylic acids is 1. The van der Waals surface area contributed by atoms with E-state index in [1.165, 1.54) is 11.0 Å². The van der Waals surface area contributed by atoms with Crippen LogP contribution in [0.2, 0.25) is 0 Å². The summed E-state index contributed by atoms with van der Waals surface area (Å²) in [5.41, 5.74) is 0.142. The van der Waals surface area contributed by atoms with Crippen molar-refractivity contribution in [1.29, 1.82) is 0 Å². The summed E-state index contributed by atoms with van der Waals surface area (Å²) in [5, 5.41) is 8.70. The second-order valence-corrected chi connectivity index (χ2v) is 5.02. The van der Waals surface area contributed by atoms with E-state index in [0.717, 1.165) is 12.3 Å². The van der Waals surface area contributed by atoms with Crippen molar-refractivity contribution in [3.8, 4) is 5.88 Å². The van der Waals surface area contributed by atoms with Gasteiger partial charge in [-0.25, -0.2) is 4.98 Å². The van der Waals surface area contributed by atoms with Crippen molar-refractivity contribution in [2.45, 2.75) is 32.5 Å². The lowest BCUT2D eigenvalue weighted by molar-refractivity contribution is -0.154. The zero-order chi connectivity index (χ0) is 17.6. The van der Waals surface area contributed by atoms with Crippen LogP contribution in [0.3, 0.4) is 0 Å². The Bertz CT molecular complexity index is 544. The number of rotatable bonds is 7. The van der Waals surface area contributed by atoms with Gasteiger partial charge >= 0.3 is 12.1 Å². The van der Waals surface area contributed by atoms with E-state index >= 15 is 0 Å². The third kappa shape index (κ3) is 6.54. The van der Waals surface area contributed by atoms with E-state index in [9.17, 15) is 22.8 Å². The molecular formula is C14H17F3N2O4. The molecule has 1 N–H and O–H groups in total. The van der Waals surface area contributed by atoms with Crippen LogP contribution in [-0.4, -0.2) is 52.2 Å². The summed E-state index contributed by atoms with van der Waals surface area (Å²) < 4.78 is 40.5. The molecule has 0 saturated heterocycles. The smallest absolute Gasteiger partial charge is 0.422 e. The lowest BCUT2D eigenvalue weighted by Gasteiger charge is -2.26. The highest BCUT2D eigenvalue weighted by Crippen LogP contribution is 2.17. The number of hydrogen-bond acceptors (Lipinski definition) is 4. The number of halogens is 3. The molecule has 1 amide bonds. The molecule has 0 radical (unpaired) electrons. The summed E-state index contributed by atoms with van der Waals surface area (Å²) in [6.45, 7) is 2.02. The molecule has 0 aromatic carbocycles. The average molecular weight is 334 g/mol. The first-order valence-electron chi connectivity index (χ1n) is 6.78. The van der Waals surface area contributed by atoms with Gasteiger partial charge in [-0.15, -0.1) is 0 Å². The summed E-state index contributed by atoms with van der Waals surface area (Å²) in [6, 6.07) is 2.22. The van der Waals surface area contributed by atoms with Gasteiger partial charge in [0.15, 0.2) is 6.61 Å². The number of pyridine rings is 1. The normalized spacial score (nSPS) is 11.4. The van der Waals surface area contributed by atoms with Gasteiger partial charge in [-0.2, -0.15) is 13.2 Å². The van der Waals surface area contributed by atoms with E-state index in [2.05, 4.69) is 9.72 Å². The van der Waals surface area contributed by atoms with Gasteiger partial charge in [0.2, 0.25) is 5.88 Å². The lowest BCUT2D eigenvalue weighted by atomic mass is 10.2. The topological polar surface area (TPSA) is 79.7 Å². The Morgan fingerprint density at radius 2 is 2.00 bits per heavy atom. The predicted molar refractivity (Wildman–Crippen MR) is 74.2 cm³/mol. The van der Waals surface area contributed by atoms with Crippen LogP contribution in [0.1, 0.15) is 30.6 Å². The molecule has 6 nitrogen and oxygen atoms in total. The van der Waals surface area contributed by atoms with E-state index in [1.54, 1.807) is 13.8 Å². The largest absolute Gasteiger partial charge is 0.481 e. The lowest BCUT2D eigenvalue weighted by Crippen LogP contribution is -2.38. The average Bonchev–Trinajstić information content (AvgIpc) is 2.44. The van der Waals surface area contributed by atoms with Crippen LogP contribution in [0.4, 0.5) is 13.2 Å². The van der Waals surface area contributed by atoms with Crippen LogP contribution in [0.15, 0.2) is 18.3 Å². The van der Waals surface area contributed by atoms with Gasteiger partial charge in [-0.1, -0.05) is 0 Å². The number of amides is 1. The molecule has 128 valence electrons. The number of ether oxygens (including phenoxy) is 1. The molecule has 23 heavy (non-hydrogen) atoms. The van der Waals surface area contributed by atoms with Gasteiger partial charge in [-0.3, -0.25) is 9.59 Å². The molecule has 1 aromatic heterocycles. The second kappa shape index (κ2) is 7.80. The highest BCUT2D eigenvalue weighted by molar-refractivity contribution is 5.94. The molecule has 1 heterocycles. The Labute approximate surface area is 130 Å². The first kappa shape index (κ1) is 18.7. The van der Waals surface area contributed by atoms with Crippen LogP contribution < -0.4 is 4.74 Å². The molecule has 0 bridgehead atoms. The molecule has 0 aliphatic rings. The number of hydrogen-bond donors (Lipinski definition) is 1. The number of nitrogens with zero attached hydrogens (tertiary/aromatic N) is 2. The van der Waals surface area contributed by atoms with Gasteiger partial charge in [0.25, 0.3) is 5.91 Å². The summed E-state index contributed by atoms with van der Waals surface area (Å²) in [4.78, 5) is 27.9. The predicted octanol–water partition coefficient (Wildman–Crippen LogP) is 2.35. The highest BCUT2D eigenvalue weighted by Gasteiger charge is 2.28. The molecule has 1 aromatic rings. The SMILES string of the molecule is CC(C)N(CCC(=O)O)C(=O)c1ccc(OCC(F)(F)F)nc1. The Kier molecular flexibility index (Phi) is 6.35. The van der Waals surface area contributed by atoms with Crippen LogP contribution in [-0.2, 0) is 4.79 Å². The van der Waals surface area contributed by atoms with Crippen molar-refractivity contribution in [3.05, 3.63) is 23.9 Å². The molecule has 0 aliphatic carbocycles. The van der Waals surface area contributed by atoms with Gasteiger partial charge in [0, 0.05) is 24.8 Å². The maximum atomic E-state index is 12.3. The zero-order valence-corrected chi connectivity index (χ0v) is 12.6. The number of alkyl halides is 3. The molecule has 0 fully saturated rings. The molecule has 0 aliphatic heterocycles. The fourth-order valence-corrected chi connectivity index (χ4v) is 1.72. The van der Waals surface area contributed by atoms with Crippen molar-refractivity contribution in [1.82, 2.24) is 9.88 Å². The summed E-state index contributed by atoms with van der Waals surface area (Å²) >= 11 is 0. The molecule has 0 spiro atoms. The third-order valence-electron chi connectivity index (χ3n) is 2.82. The number of carbonyl (C=O) groups is 2. The first-order chi connectivity index (χ1) is 10.6. The fourth-order valence-electron chi connectivity index (χ4n) is 1.72. The quantitative estimate of drug-likeness (QED) is 0.828. The van der Waals surface area contributed by atoms with Crippen LogP contribution in [0, 0.1) is 0 Å². The third-order valence-corrected chi connectivity index (χ3v) is 2.82. The van der Waals surface area contributed by atoms with Crippen LogP contribution >= 0.6 is 0 Å². The monoisotopic (exact) mass is 334 g/mol. The van der Waals surface area contributed by atoms with Crippen molar-refractivity contribution in [3.63, 3.8) is 0 Å². The van der Waals surface area contributed by atoms with Gasteiger partial charge < -0.3 is 14.7 Å². The molecule has 9 heteroatoms. The Morgan fingerprint density at radius 1 is 1.35 bits per heavy atom. The van der Waals surface area contributed by atoms with E-state index in [4.69, 9.17) is 5.11 Å². The van der Waals surface area contributed by atoms with E-state index in [0.29, 0.717) is 0 Å². The molecule has 1 rings (SSSR count). The Balaban J connectivity index is 2.76. The minimum atomic E-state index is -4.47. The van der Waals surface area contributed by atoms with Crippen molar-refractivity contribution < 1.29 is 32.6 Å².